The molecule has 2 heterocycles. The van der Waals surface area contributed by atoms with E-state index in [2.05, 4.69) is 42.1 Å². The largest absolute Gasteiger partial charge is 0.573 e. The molecule has 4 nitrogen and oxygen atoms in total. The second-order valence-electron chi connectivity index (χ2n) is 7.39. The molecule has 0 amide bonds. The molecule has 29 heavy (non-hydrogen) atoms. The van der Waals surface area contributed by atoms with Crippen LogP contribution >= 0.6 is 0 Å². The van der Waals surface area contributed by atoms with Crippen LogP contribution in [0.15, 0.2) is 42.5 Å². The molecule has 3 aromatic rings. The first-order chi connectivity index (χ1) is 13.8. The van der Waals surface area contributed by atoms with E-state index >= 15 is 0 Å². The van der Waals surface area contributed by atoms with Crippen molar-refractivity contribution in [2.24, 2.45) is 0 Å². The van der Waals surface area contributed by atoms with Gasteiger partial charge in [0.05, 0.1) is 11.4 Å². The first-order valence-corrected chi connectivity index (χ1v) is 9.61. The Morgan fingerprint density at radius 2 is 1.69 bits per heavy atom. The summed E-state index contributed by atoms with van der Waals surface area (Å²) in [4.78, 5) is 0. The summed E-state index contributed by atoms with van der Waals surface area (Å²) in [7, 11) is 0. The van der Waals surface area contributed by atoms with Crippen molar-refractivity contribution in [1.29, 1.82) is 0 Å². The summed E-state index contributed by atoms with van der Waals surface area (Å²) in [5.41, 5.74) is 6.12. The Balaban J connectivity index is 1.79. The van der Waals surface area contributed by atoms with Crippen LogP contribution in [0.4, 0.5) is 19.0 Å². The van der Waals surface area contributed by atoms with Crippen LogP contribution in [0.5, 0.6) is 5.75 Å². The van der Waals surface area contributed by atoms with Crippen molar-refractivity contribution in [3.8, 4) is 22.7 Å². The van der Waals surface area contributed by atoms with Crippen LogP contribution in [-0.2, 0) is 6.42 Å². The molecule has 0 bridgehead atoms. The van der Waals surface area contributed by atoms with Crippen LogP contribution in [0.1, 0.15) is 29.5 Å². The van der Waals surface area contributed by atoms with E-state index in [4.69, 9.17) is 5.10 Å². The number of fused-ring (bicyclic) bond motifs is 1. The Morgan fingerprint density at radius 1 is 1.00 bits per heavy atom. The van der Waals surface area contributed by atoms with Gasteiger partial charge in [-0.1, -0.05) is 17.2 Å². The van der Waals surface area contributed by atoms with Gasteiger partial charge in [0.15, 0.2) is 0 Å². The molecular weight excluding hydrogens is 379 g/mol. The van der Waals surface area contributed by atoms with Gasteiger partial charge in [-0.2, -0.15) is 5.10 Å². The highest BCUT2D eigenvalue weighted by Gasteiger charge is 2.31. The lowest BCUT2D eigenvalue weighted by molar-refractivity contribution is -0.274. The number of alkyl halides is 3. The van der Waals surface area contributed by atoms with Crippen LogP contribution in [-0.4, -0.2) is 22.7 Å². The highest BCUT2D eigenvalue weighted by Crippen LogP contribution is 2.35. The molecule has 0 radical (unpaired) electrons. The Morgan fingerprint density at radius 3 is 2.34 bits per heavy atom. The zero-order valence-corrected chi connectivity index (χ0v) is 16.3. The number of anilines is 1. The van der Waals surface area contributed by atoms with Crippen molar-refractivity contribution < 1.29 is 17.9 Å². The third-order valence-corrected chi connectivity index (χ3v) is 4.94. The maximum atomic E-state index is 12.4. The normalized spacial score (nSPS) is 14.1. The predicted molar refractivity (Wildman–Crippen MR) is 107 cm³/mol. The standard InChI is InChI=1S/C22H22F3N3O/c1-14-11-15(2)13-16(12-14)20-19-5-3-4-10-26-21(19)28(27-20)17-6-8-18(9-7-17)29-22(23,24)25/h6-9,11-13,26H,3-5,10H2,1-2H3. The quantitative estimate of drug-likeness (QED) is 0.603. The van der Waals surface area contributed by atoms with Crippen molar-refractivity contribution in [2.45, 2.75) is 39.5 Å². The van der Waals surface area contributed by atoms with Gasteiger partial charge in [-0.3, -0.25) is 0 Å². The summed E-state index contributed by atoms with van der Waals surface area (Å²) in [6.07, 6.45) is -1.69. The van der Waals surface area contributed by atoms with Gasteiger partial charge in [0.25, 0.3) is 0 Å². The van der Waals surface area contributed by atoms with Gasteiger partial charge in [0.1, 0.15) is 11.6 Å². The minimum absolute atomic E-state index is 0.248. The number of hydrogen-bond acceptors (Lipinski definition) is 3. The third kappa shape index (κ3) is 4.23. The van der Waals surface area contributed by atoms with Gasteiger partial charge in [0.2, 0.25) is 0 Å². The fourth-order valence-corrected chi connectivity index (χ4v) is 3.82. The summed E-state index contributed by atoms with van der Waals surface area (Å²) in [6, 6.07) is 12.2. The molecule has 0 saturated carbocycles. The van der Waals surface area contributed by atoms with E-state index in [0.717, 1.165) is 48.4 Å². The Bertz CT molecular complexity index is 1000. The van der Waals surface area contributed by atoms with Crippen molar-refractivity contribution in [3.05, 3.63) is 59.2 Å². The monoisotopic (exact) mass is 401 g/mol. The molecule has 1 N–H and O–H groups in total. The number of nitrogens with zero attached hydrogens (tertiary/aromatic N) is 2. The van der Waals surface area contributed by atoms with E-state index in [1.807, 2.05) is 0 Å². The second kappa shape index (κ2) is 7.46. The fraction of sp³-hybridized carbons (Fsp3) is 0.318. The lowest BCUT2D eigenvalue weighted by Crippen LogP contribution is -2.17. The molecular formula is C22H22F3N3O. The van der Waals surface area contributed by atoms with Gasteiger partial charge in [-0.05, 0) is 69.5 Å². The number of ether oxygens (including phenoxy) is 1. The fourth-order valence-electron chi connectivity index (χ4n) is 3.82. The predicted octanol–water partition coefficient (Wildman–Crippen LogP) is 5.80. The minimum atomic E-state index is -4.71. The lowest BCUT2D eigenvalue weighted by atomic mass is 10.00. The molecule has 1 aliphatic heterocycles. The third-order valence-electron chi connectivity index (χ3n) is 4.94. The SMILES string of the molecule is Cc1cc(C)cc(-c2nn(-c3ccc(OC(F)(F)F)cc3)c3c2CCCCN3)c1. The zero-order valence-electron chi connectivity index (χ0n) is 16.3. The Labute approximate surface area is 167 Å². The van der Waals surface area contributed by atoms with Crippen LogP contribution in [0.2, 0.25) is 0 Å². The van der Waals surface area contributed by atoms with E-state index < -0.39 is 6.36 Å². The summed E-state index contributed by atoms with van der Waals surface area (Å²) >= 11 is 0. The van der Waals surface area contributed by atoms with Crippen molar-refractivity contribution in [1.82, 2.24) is 9.78 Å². The average Bonchev–Trinajstić information content (AvgIpc) is 2.82. The summed E-state index contributed by atoms with van der Waals surface area (Å²) in [5.74, 6) is 0.656. The van der Waals surface area contributed by atoms with Crippen molar-refractivity contribution >= 4 is 5.82 Å². The molecule has 1 aliphatic rings. The molecule has 0 spiro atoms. The zero-order chi connectivity index (χ0) is 20.6. The maximum Gasteiger partial charge on any atom is 0.573 e. The van der Waals surface area contributed by atoms with E-state index in [1.54, 1.807) is 16.8 Å². The first-order valence-electron chi connectivity index (χ1n) is 9.61. The van der Waals surface area contributed by atoms with Gasteiger partial charge in [-0.25, -0.2) is 4.68 Å². The molecule has 0 unspecified atom stereocenters. The molecule has 4 rings (SSSR count). The summed E-state index contributed by atoms with van der Waals surface area (Å²) in [6.45, 7) is 4.95. The van der Waals surface area contributed by atoms with Gasteiger partial charge in [0, 0.05) is 17.7 Å². The van der Waals surface area contributed by atoms with Gasteiger partial charge < -0.3 is 10.1 Å². The number of aromatic nitrogens is 2. The van der Waals surface area contributed by atoms with Crippen LogP contribution in [0, 0.1) is 13.8 Å². The molecule has 0 atom stereocenters. The molecule has 2 aromatic carbocycles. The van der Waals surface area contributed by atoms with Crippen LogP contribution in [0.3, 0.4) is 0 Å². The number of aryl methyl sites for hydroxylation is 2. The number of hydrogen-bond donors (Lipinski definition) is 1. The summed E-state index contributed by atoms with van der Waals surface area (Å²) < 4.78 is 43.1. The average molecular weight is 401 g/mol. The highest BCUT2D eigenvalue weighted by molar-refractivity contribution is 5.72. The Kier molecular flexibility index (Phi) is 4.98. The number of nitrogens with one attached hydrogen (secondary N) is 1. The number of rotatable bonds is 3. The molecule has 152 valence electrons. The van der Waals surface area contributed by atoms with Crippen LogP contribution in [0.25, 0.3) is 16.9 Å². The first kappa shape index (κ1) is 19.4. The van der Waals surface area contributed by atoms with E-state index in [9.17, 15) is 13.2 Å². The van der Waals surface area contributed by atoms with Crippen molar-refractivity contribution in [3.63, 3.8) is 0 Å². The maximum absolute atomic E-state index is 12.4. The minimum Gasteiger partial charge on any atom is -0.406 e. The molecule has 0 saturated heterocycles. The lowest BCUT2D eigenvalue weighted by Gasteiger charge is -2.11. The van der Waals surface area contributed by atoms with Crippen molar-refractivity contribution in [2.75, 3.05) is 11.9 Å². The molecule has 0 fully saturated rings. The van der Waals surface area contributed by atoms with E-state index in [-0.39, 0.29) is 5.75 Å². The van der Waals surface area contributed by atoms with Gasteiger partial charge >= 0.3 is 6.36 Å². The van der Waals surface area contributed by atoms with Gasteiger partial charge in [-0.15, -0.1) is 13.2 Å². The van der Waals surface area contributed by atoms with E-state index in [1.165, 1.54) is 23.3 Å². The second-order valence-corrected chi connectivity index (χ2v) is 7.39. The molecule has 7 heteroatoms. The smallest absolute Gasteiger partial charge is 0.406 e. The summed E-state index contributed by atoms with van der Waals surface area (Å²) in [5, 5.41) is 8.31. The Hall–Kier alpha value is -2.96. The van der Waals surface area contributed by atoms with E-state index in [0.29, 0.717) is 5.69 Å². The van der Waals surface area contributed by atoms with Crippen LogP contribution < -0.4 is 10.1 Å². The molecule has 1 aromatic heterocycles. The topological polar surface area (TPSA) is 39.1 Å². The number of halogens is 3. The highest BCUT2D eigenvalue weighted by atomic mass is 19.4. The number of benzene rings is 2. The molecule has 0 aliphatic carbocycles.